The van der Waals surface area contributed by atoms with Gasteiger partial charge in [0.1, 0.15) is 0 Å². The topological polar surface area (TPSA) is 85.6 Å². The number of rotatable bonds is 5. The minimum atomic E-state index is 0.0500. The third kappa shape index (κ3) is 4.39. The normalized spacial score (nSPS) is 19.7. The Kier molecular flexibility index (Phi) is 5.24. The van der Waals surface area contributed by atoms with Crippen molar-refractivity contribution in [1.29, 1.82) is 0 Å². The summed E-state index contributed by atoms with van der Waals surface area (Å²) in [5.74, 6) is 0.707. The van der Waals surface area contributed by atoms with Gasteiger partial charge in [-0.1, -0.05) is 30.3 Å². The Bertz CT molecular complexity index is 898. The molecule has 140 valence electrons. The summed E-state index contributed by atoms with van der Waals surface area (Å²) in [5.41, 5.74) is 1.82. The molecule has 1 N–H and O–H groups in total. The molecule has 0 unspecified atom stereocenters. The van der Waals surface area contributed by atoms with Gasteiger partial charge in [0.05, 0.1) is 23.2 Å². The van der Waals surface area contributed by atoms with Crippen LogP contribution in [-0.4, -0.2) is 37.1 Å². The van der Waals surface area contributed by atoms with Crippen molar-refractivity contribution < 1.29 is 4.79 Å². The molecule has 1 aliphatic rings. The highest BCUT2D eigenvalue weighted by atomic mass is 32.1. The minimum Gasteiger partial charge on any atom is -0.353 e. The number of carbonyl (C=O) groups is 1. The first kappa shape index (κ1) is 17.8. The molecule has 0 radical (unpaired) electrons. The van der Waals surface area contributed by atoms with Gasteiger partial charge in [0.25, 0.3) is 0 Å². The molecule has 1 aliphatic carbocycles. The number of hydrogen-bond donors (Lipinski definition) is 1. The molecule has 4 rings (SSSR count). The lowest BCUT2D eigenvalue weighted by molar-refractivity contribution is -0.121. The zero-order valence-corrected chi connectivity index (χ0v) is 16.0. The lowest BCUT2D eigenvalue weighted by Gasteiger charge is -2.28. The summed E-state index contributed by atoms with van der Waals surface area (Å²) in [6.45, 7) is 1.95. The third-order valence-corrected chi connectivity index (χ3v) is 5.68. The Morgan fingerprint density at radius 1 is 1.22 bits per heavy atom. The highest BCUT2D eigenvalue weighted by Crippen LogP contribution is 2.28. The van der Waals surface area contributed by atoms with Gasteiger partial charge in [-0.05, 0) is 37.8 Å². The van der Waals surface area contributed by atoms with Gasteiger partial charge in [0, 0.05) is 17.0 Å². The van der Waals surface area contributed by atoms with E-state index >= 15 is 0 Å². The smallest absolute Gasteiger partial charge is 0.226 e. The van der Waals surface area contributed by atoms with Gasteiger partial charge >= 0.3 is 0 Å². The number of amides is 1. The van der Waals surface area contributed by atoms with E-state index in [2.05, 4.69) is 25.7 Å². The lowest BCUT2D eigenvalue weighted by atomic mass is 9.91. The van der Waals surface area contributed by atoms with Crippen molar-refractivity contribution in [3.8, 4) is 11.4 Å². The van der Waals surface area contributed by atoms with Gasteiger partial charge in [-0.25, -0.2) is 4.98 Å². The zero-order chi connectivity index (χ0) is 18.6. The van der Waals surface area contributed by atoms with E-state index in [9.17, 15) is 4.79 Å². The van der Waals surface area contributed by atoms with Crippen molar-refractivity contribution in [2.45, 2.75) is 51.1 Å². The van der Waals surface area contributed by atoms with E-state index in [4.69, 9.17) is 0 Å². The number of hydrogen-bond acceptors (Lipinski definition) is 6. The van der Waals surface area contributed by atoms with Crippen molar-refractivity contribution in [2.75, 3.05) is 0 Å². The summed E-state index contributed by atoms with van der Waals surface area (Å²) < 4.78 is 0. The largest absolute Gasteiger partial charge is 0.353 e. The van der Waals surface area contributed by atoms with E-state index in [0.717, 1.165) is 41.9 Å². The SMILES string of the molecule is Cc1nc(CC(=O)NC2CCC(n3nnc(-c4ccccc4)n3)CC2)cs1. The summed E-state index contributed by atoms with van der Waals surface area (Å²) in [6.07, 6.45) is 4.08. The molecule has 8 heteroatoms. The molecule has 1 aromatic carbocycles. The van der Waals surface area contributed by atoms with Gasteiger partial charge in [0.2, 0.25) is 11.7 Å². The first-order chi connectivity index (χ1) is 13.2. The van der Waals surface area contributed by atoms with E-state index in [1.54, 1.807) is 16.1 Å². The van der Waals surface area contributed by atoms with E-state index in [0.29, 0.717) is 12.2 Å². The fourth-order valence-corrected chi connectivity index (χ4v) is 4.08. The van der Waals surface area contributed by atoms with Crippen LogP contribution in [0, 0.1) is 6.92 Å². The van der Waals surface area contributed by atoms with Crippen molar-refractivity contribution in [3.63, 3.8) is 0 Å². The van der Waals surface area contributed by atoms with Crippen molar-refractivity contribution in [2.24, 2.45) is 0 Å². The molecule has 7 nitrogen and oxygen atoms in total. The molecule has 1 saturated carbocycles. The predicted octanol–water partition coefficient (Wildman–Crippen LogP) is 2.95. The predicted molar refractivity (Wildman–Crippen MR) is 103 cm³/mol. The second-order valence-corrected chi connectivity index (χ2v) is 7.97. The lowest BCUT2D eigenvalue weighted by Crippen LogP contribution is -2.39. The van der Waals surface area contributed by atoms with Crippen LogP contribution < -0.4 is 5.32 Å². The molecule has 0 atom stereocenters. The average molecular weight is 382 g/mol. The zero-order valence-electron chi connectivity index (χ0n) is 15.2. The van der Waals surface area contributed by atoms with Crippen LogP contribution >= 0.6 is 11.3 Å². The molecule has 0 saturated heterocycles. The molecule has 27 heavy (non-hydrogen) atoms. The Morgan fingerprint density at radius 3 is 2.70 bits per heavy atom. The van der Waals surface area contributed by atoms with Crippen LogP contribution in [0.5, 0.6) is 0 Å². The van der Waals surface area contributed by atoms with Gasteiger partial charge in [0.15, 0.2) is 0 Å². The summed E-state index contributed by atoms with van der Waals surface area (Å²) in [6, 6.07) is 10.3. The van der Waals surface area contributed by atoms with Crippen LogP contribution in [0.15, 0.2) is 35.7 Å². The number of nitrogens with zero attached hydrogens (tertiary/aromatic N) is 5. The third-order valence-electron chi connectivity index (χ3n) is 4.86. The summed E-state index contributed by atoms with van der Waals surface area (Å²) in [5, 5.41) is 19.1. The fourth-order valence-electron chi connectivity index (χ4n) is 3.47. The maximum atomic E-state index is 12.2. The first-order valence-electron chi connectivity index (χ1n) is 9.22. The number of thiazole rings is 1. The van der Waals surface area contributed by atoms with E-state index < -0.39 is 0 Å². The Morgan fingerprint density at radius 2 is 2.00 bits per heavy atom. The van der Waals surface area contributed by atoms with Gasteiger partial charge in [-0.15, -0.1) is 21.5 Å². The van der Waals surface area contributed by atoms with Crippen LogP contribution in [0.2, 0.25) is 0 Å². The van der Waals surface area contributed by atoms with Crippen LogP contribution in [-0.2, 0) is 11.2 Å². The second kappa shape index (κ2) is 7.96. The van der Waals surface area contributed by atoms with Gasteiger partial charge in [-0.2, -0.15) is 4.80 Å². The number of benzene rings is 1. The molecular formula is C19H22N6OS. The molecule has 1 fully saturated rings. The molecule has 0 spiro atoms. The van der Waals surface area contributed by atoms with Crippen molar-refractivity contribution >= 4 is 17.2 Å². The van der Waals surface area contributed by atoms with Crippen LogP contribution in [0.3, 0.4) is 0 Å². The Labute approximate surface area is 161 Å². The van der Waals surface area contributed by atoms with Gasteiger partial charge < -0.3 is 5.32 Å². The number of nitrogens with one attached hydrogen (secondary N) is 1. The number of carbonyl (C=O) groups excluding carboxylic acids is 1. The van der Waals surface area contributed by atoms with Crippen molar-refractivity contribution in [1.82, 2.24) is 30.5 Å². The highest BCUT2D eigenvalue weighted by Gasteiger charge is 2.25. The van der Waals surface area contributed by atoms with E-state index in [1.165, 1.54) is 0 Å². The monoisotopic (exact) mass is 382 g/mol. The maximum Gasteiger partial charge on any atom is 0.226 e. The summed E-state index contributed by atoms with van der Waals surface area (Å²) in [4.78, 5) is 18.3. The van der Waals surface area contributed by atoms with E-state index in [1.807, 2.05) is 42.6 Å². The van der Waals surface area contributed by atoms with Gasteiger partial charge in [-0.3, -0.25) is 4.79 Å². The molecule has 0 aliphatic heterocycles. The van der Waals surface area contributed by atoms with Crippen molar-refractivity contribution in [3.05, 3.63) is 46.4 Å². The molecular weight excluding hydrogens is 360 g/mol. The maximum absolute atomic E-state index is 12.2. The van der Waals surface area contributed by atoms with Crippen LogP contribution in [0.4, 0.5) is 0 Å². The molecule has 1 amide bonds. The standard InChI is InChI=1S/C19H22N6OS/c1-13-20-16(12-27-13)11-18(26)21-15-7-9-17(10-8-15)25-23-19(22-24-25)14-5-3-2-4-6-14/h2-6,12,15,17H,7-11H2,1H3,(H,21,26). The van der Waals surface area contributed by atoms with Crippen LogP contribution in [0.25, 0.3) is 11.4 Å². The fraction of sp³-hybridized carbons (Fsp3) is 0.421. The quantitative estimate of drug-likeness (QED) is 0.733. The Balaban J connectivity index is 1.29. The molecule has 2 aromatic heterocycles. The minimum absolute atomic E-state index is 0.0500. The summed E-state index contributed by atoms with van der Waals surface area (Å²) >= 11 is 1.58. The number of aryl methyl sites for hydroxylation is 1. The average Bonchev–Trinajstić information content (AvgIpc) is 3.32. The van der Waals surface area contributed by atoms with E-state index in [-0.39, 0.29) is 18.0 Å². The molecule has 2 heterocycles. The highest BCUT2D eigenvalue weighted by molar-refractivity contribution is 7.09. The first-order valence-corrected chi connectivity index (χ1v) is 10.1. The second-order valence-electron chi connectivity index (χ2n) is 6.91. The number of aromatic nitrogens is 5. The molecule has 3 aromatic rings. The molecule has 0 bridgehead atoms. The summed E-state index contributed by atoms with van der Waals surface area (Å²) in [7, 11) is 0. The number of tetrazole rings is 1. The van der Waals surface area contributed by atoms with Crippen LogP contribution in [0.1, 0.15) is 42.4 Å². The Hall–Kier alpha value is -2.61.